The smallest absolute Gasteiger partial charge is 0.422 e. The number of alkyl halides is 3. The first-order chi connectivity index (χ1) is 15.6. The van der Waals surface area contributed by atoms with Gasteiger partial charge in [-0.25, -0.2) is 0 Å². The van der Waals surface area contributed by atoms with Gasteiger partial charge in [0.25, 0.3) is 0 Å². The van der Waals surface area contributed by atoms with Crippen molar-refractivity contribution >= 4 is 5.91 Å². The van der Waals surface area contributed by atoms with E-state index >= 15 is 0 Å². The SMILES string of the molecule is [2H]C([2H])[C@@H](NC(=O)Cc1ccc(-c2nccnc2C)cc1)c1ccc(OCC(F)(F)F)cn1. The van der Waals surface area contributed by atoms with E-state index < -0.39 is 31.6 Å². The van der Waals surface area contributed by atoms with Gasteiger partial charge >= 0.3 is 6.18 Å². The molecular weight excluding hydrogens is 409 g/mol. The molecule has 1 N–H and O–H groups in total. The Balaban J connectivity index is 1.63. The van der Waals surface area contributed by atoms with E-state index in [0.717, 1.165) is 23.1 Å². The second-order valence-electron chi connectivity index (χ2n) is 6.73. The Bertz CT molecular complexity index is 1080. The summed E-state index contributed by atoms with van der Waals surface area (Å²) in [5, 5.41) is 2.59. The number of carbonyl (C=O) groups excluding carboxylic acids is 1. The van der Waals surface area contributed by atoms with Crippen LogP contribution in [0.4, 0.5) is 13.2 Å². The molecule has 2 heterocycles. The summed E-state index contributed by atoms with van der Waals surface area (Å²) in [6, 6.07) is 8.74. The van der Waals surface area contributed by atoms with Crippen LogP contribution in [0.3, 0.4) is 0 Å². The van der Waals surface area contributed by atoms with Gasteiger partial charge in [0.1, 0.15) is 5.75 Å². The van der Waals surface area contributed by atoms with Crippen molar-refractivity contribution in [2.75, 3.05) is 6.61 Å². The molecule has 0 aliphatic heterocycles. The lowest BCUT2D eigenvalue weighted by molar-refractivity contribution is -0.153. The van der Waals surface area contributed by atoms with Gasteiger partial charge < -0.3 is 10.1 Å². The molecule has 1 atom stereocenters. The first-order valence-corrected chi connectivity index (χ1v) is 9.28. The van der Waals surface area contributed by atoms with Crippen molar-refractivity contribution in [2.45, 2.75) is 32.4 Å². The molecule has 0 aliphatic rings. The van der Waals surface area contributed by atoms with Crippen LogP contribution in [0.25, 0.3) is 11.3 Å². The zero-order valence-electron chi connectivity index (χ0n) is 18.6. The highest BCUT2D eigenvalue weighted by atomic mass is 19.4. The molecule has 1 amide bonds. The largest absolute Gasteiger partial charge is 0.483 e. The number of pyridine rings is 1. The molecule has 0 aliphatic carbocycles. The average molecular weight is 432 g/mol. The number of halogens is 3. The second kappa shape index (κ2) is 9.55. The lowest BCUT2D eigenvalue weighted by Crippen LogP contribution is -2.28. The monoisotopic (exact) mass is 432 g/mol. The number of amides is 1. The van der Waals surface area contributed by atoms with Gasteiger partial charge in [-0.3, -0.25) is 19.7 Å². The molecule has 0 saturated heterocycles. The van der Waals surface area contributed by atoms with E-state index in [1.54, 1.807) is 24.5 Å². The molecular formula is C22H21F3N4O2. The van der Waals surface area contributed by atoms with E-state index in [4.69, 9.17) is 2.74 Å². The van der Waals surface area contributed by atoms with E-state index in [0.29, 0.717) is 5.56 Å². The topological polar surface area (TPSA) is 77.0 Å². The molecule has 6 nitrogen and oxygen atoms in total. The number of benzene rings is 1. The molecule has 0 radical (unpaired) electrons. The van der Waals surface area contributed by atoms with Gasteiger partial charge in [-0.15, -0.1) is 0 Å². The van der Waals surface area contributed by atoms with Crippen LogP contribution in [-0.2, 0) is 11.2 Å². The van der Waals surface area contributed by atoms with Gasteiger partial charge in [0.15, 0.2) is 6.61 Å². The summed E-state index contributed by atoms with van der Waals surface area (Å²) < 4.78 is 56.8. The van der Waals surface area contributed by atoms with Crippen LogP contribution >= 0.6 is 0 Å². The van der Waals surface area contributed by atoms with Crippen molar-refractivity contribution in [3.05, 3.63) is 71.9 Å². The number of carbonyl (C=O) groups is 1. The molecule has 9 heteroatoms. The summed E-state index contributed by atoms with van der Waals surface area (Å²) in [5.74, 6) is -0.529. The first kappa shape index (κ1) is 19.5. The van der Waals surface area contributed by atoms with E-state index in [2.05, 4.69) is 25.0 Å². The van der Waals surface area contributed by atoms with Crippen molar-refractivity contribution < 1.29 is 25.4 Å². The third-order valence-electron chi connectivity index (χ3n) is 4.27. The number of rotatable bonds is 7. The molecule has 0 saturated carbocycles. The fourth-order valence-electron chi connectivity index (χ4n) is 2.78. The van der Waals surface area contributed by atoms with E-state index in [9.17, 15) is 18.0 Å². The maximum atomic E-state index is 12.5. The number of aromatic nitrogens is 3. The fourth-order valence-corrected chi connectivity index (χ4v) is 2.78. The Kier molecular flexibility index (Phi) is 6.00. The molecule has 0 unspecified atom stereocenters. The van der Waals surface area contributed by atoms with Gasteiger partial charge in [-0.05, 0) is 31.5 Å². The highest BCUT2D eigenvalue weighted by Gasteiger charge is 2.28. The van der Waals surface area contributed by atoms with Gasteiger partial charge in [-0.2, -0.15) is 13.2 Å². The number of hydrogen-bond acceptors (Lipinski definition) is 5. The van der Waals surface area contributed by atoms with Crippen LogP contribution in [-0.4, -0.2) is 33.6 Å². The molecule has 0 fully saturated rings. The molecule has 1 aromatic carbocycles. The predicted molar refractivity (Wildman–Crippen MR) is 108 cm³/mol. The van der Waals surface area contributed by atoms with Gasteiger partial charge in [-0.1, -0.05) is 24.3 Å². The Morgan fingerprint density at radius 1 is 1.13 bits per heavy atom. The zero-order valence-corrected chi connectivity index (χ0v) is 16.6. The average Bonchev–Trinajstić information content (AvgIpc) is 2.77. The molecule has 3 aromatic rings. The normalized spacial score (nSPS) is 13.3. The van der Waals surface area contributed by atoms with E-state index in [-0.39, 0.29) is 17.9 Å². The Labute approximate surface area is 180 Å². The van der Waals surface area contributed by atoms with Crippen LogP contribution in [0.2, 0.25) is 0 Å². The van der Waals surface area contributed by atoms with Crippen molar-refractivity contribution in [2.24, 2.45) is 0 Å². The third-order valence-corrected chi connectivity index (χ3v) is 4.27. The first-order valence-electron chi connectivity index (χ1n) is 10.4. The van der Waals surface area contributed by atoms with Crippen molar-refractivity contribution in [1.29, 1.82) is 0 Å². The summed E-state index contributed by atoms with van der Waals surface area (Å²) in [5.41, 5.74) is 3.27. The molecule has 0 bridgehead atoms. The van der Waals surface area contributed by atoms with E-state index in [1.165, 1.54) is 12.1 Å². The van der Waals surface area contributed by atoms with Crippen LogP contribution in [0, 0.1) is 6.92 Å². The summed E-state index contributed by atoms with van der Waals surface area (Å²) >= 11 is 0. The molecule has 3 rings (SSSR count). The van der Waals surface area contributed by atoms with Crippen LogP contribution in [0.1, 0.15) is 32.6 Å². The van der Waals surface area contributed by atoms with Crippen LogP contribution < -0.4 is 10.1 Å². The minimum absolute atomic E-state index is 0.00965. The maximum absolute atomic E-state index is 12.5. The van der Waals surface area contributed by atoms with Crippen molar-refractivity contribution in [3.8, 4) is 17.0 Å². The van der Waals surface area contributed by atoms with Gasteiger partial charge in [0, 0.05) is 20.7 Å². The van der Waals surface area contributed by atoms with Crippen molar-refractivity contribution in [1.82, 2.24) is 20.3 Å². The van der Waals surface area contributed by atoms with Gasteiger partial charge in [0.2, 0.25) is 5.91 Å². The summed E-state index contributed by atoms with van der Waals surface area (Å²) in [6.07, 6.45) is -0.192. The Morgan fingerprint density at radius 2 is 1.87 bits per heavy atom. The highest BCUT2D eigenvalue weighted by molar-refractivity contribution is 5.79. The summed E-state index contributed by atoms with van der Waals surface area (Å²) in [7, 11) is 0. The molecule has 2 aromatic heterocycles. The van der Waals surface area contributed by atoms with Gasteiger partial charge in [0.05, 0.1) is 35.7 Å². The number of hydrogen-bond donors (Lipinski definition) is 1. The van der Waals surface area contributed by atoms with Crippen molar-refractivity contribution in [3.63, 3.8) is 0 Å². The van der Waals surface area contributed by atoms with E-state index in [1.807, 2.05) is 19.1 Å². The minimum Gasteiger partial charge on any atom is -0.483 e. The predicted octanol–water partition coefficient (Wildman–Crippen LogP) is 4.21. The molecule has 31 heavy (non-hydrogen) atoms. The summed E-state index contributed by atoms with van der Waals surface area (Å²) in [4.78, 5) is 25.0. The van der Waals surface area contributed by atoms with Crippen LogP contribution in [0.5, 0.6) is 5.75 Å². The maximum Gasteiger partial charge on any atom is 0.422 e. The molecule has 0 spiro atoms. The zero-order chi connectivity index (χ0) is 24.0. The number of nitrogens with zero attached hydrogens (tertiary/aromatic N) is 3. The lowest BCUT2D eigenvalue weighted by Gasteiger charge is -2.14. The number of aryl methyl sites for hydroxylation is 1. The second-order valence-corrected chi connectivity index (χ2v) is 6.73. The standard InChI is InChI=1S/C22H21F3N4O2/c1-14(19-8-7-18(12-28-19)31-13-22(23,24)25)29-20(30)11-16-3-5-17(6-4-16)21-15(2)26-9-10-27-21/h3-10,12,14H,11,13H2,1-2H3,(H,29,30)/t14-/m1/s1/i1D2. The number of nitrogens with one attached hydrogen (secondary N) is 1. The molecule has 162 valence electrons. The summed E-state index contributed by atoms with van der Waals surface area (Å²) in [6.45, 7) is -1.08. The highest BCUT2D eigenvalue weighted by Crippen LogP contribution is 2.21. The lowest BCUT2D eigenvalue weighted by atomic mass is 10.1. The van der Waals surface area contributed by atoms with Crippen LogP contribution in [0.15, 0.2) is 55.0 Å². The number of ether oxygens (including phenoxy) is 1. The Hall–Kier alpha value is -3.49. The fraction of sp³-hybridized carbons (Fsp3) is 0.273. The third kappa shape index (κ3) is 6.50. The minimum atomic E-state index is -4.48. The Morgan fingerprint density at radius 3 is 2.48 bits per heavy atom. The quantitative estimate of drug-likeness (QED) is 0.605.